The van der Waals surface area contributed by atoms with Gasteiger partial charge in [-0.25, -0.2) is 0 Å². The molecule has 2 aromatic carbocycles. The number of ketones is 2. The van der Waals surface area contributed by atoms with E-state index < -0.39 is 18.5 Å². The molecule has 0 fully saturated rings. The Morgan fingerprint density at radius 2 is 1.62 bits per heavy atom. The first kappa shape index (κ1) is 22.0. The molecular weight excluding hydrogens is 370 g/mol. The number of aryl methyl sites for hydroxylation is 1. The Labute approximate surface area is 170 Å². The van der Waals surface area contributed by atoms with E-state index in [1.807, 2.05) is 12.1 Å². The van der Waals surface area contributed by atoms with Gasteiger partial charge in [0, 0.05) is 17.5 Å². The topological polar surface area (TPSA) is 89.5 Å². The van der Waals surface area contributed by atoms with Gasteiger partial charge in [-0.05, 0) is 31.0 Å². The first-order valence-corrected chi connectivity index (χ1v) is 9.58. The van der Waals surface area contributed by atoms with Crippen LogP contribution < -0.4 is 5.32 Å². The molecular formula is C23H25NO5. The van der Waals surface area contributed by atoms with E-state index in [1.165, 1.54) is 12.5 Å². The molecule has 6 nitrogen and oxygen atoms in total. The number of hydrogen-bond acceptors (Lipinski definition) is 5. The maximum absolute atomic E-state index is 12.2. The quantitative estimate of drug-likeness (QED) is 0.485. The molecule has 0 saturated carbocycles. The van der Waals surface area contributed by atoms with Crippen LogP contribution in [0.15, 0.2) is 48.5 Å². The monoisotopic (exact) mass is 395 g/mol. The van der Waals surface area contributed by atoms with Crippen molar-refractivity contribution in [2.75, 3.05) is 11.9 Å². The highest BCUT2D eigenvalue weighted by atomic mass is 16.5. The zero-order valence-corrected chi connectivity index (χ0v) is 16.7. The van der Waals surface area contributed by atoms with E-state index in [1.54, 1.807) is 36.4 Å². The lowest BCUT2D eigenvalue weighted by molar-refractivity contribution is -0.147. The van der Waals surface area contributed by atoms with Gasteiger partial charge in [0.2, 0.25) is 0 Å². The van der Waals surface area contributed by atoms with E-state index in [9.17, 15) is 19.2 Å². The lowest BCUT2D eigenvalue weighted by atomic mass is 10.0. The molecule has 0 spiro atoms. The fourth-order valence-electron chi connectivity index (χ4n) is 2.81. The summed E-state index contributed by atoms with van der Waals surface area (Å²) >= 11 is 0. The minimum Gasteiger partial charge on any atom is -0.456 e. The molecule has 0 aliphatic rings. The molecule has 0 aliphatic heterocycles. The molecule has 29 heavy (non-hydrogen) atoms. The number of carbonyl (C=O) groups excluding carboxylic acids is 4. The zero-order valence-electron chi connectivity index (χ0n) is 16.7. The van der Waals surface area contributed by atoms with Gasteiger partial charge in [-0.2, -0.15) is 0 Å². The molecule has 0 saturated heterocycles. The van der Waals surface area contributed by atoms with E-state index in [2.05, 4.69) is 12.2 Å². The van der Waals surface area contributed by atoms with Crippen LogP contribution in [0.25, 0.3) is 0 Å². The van der Waals surface area contributed by atoms with E-state index in [0.717, 1.165) is 12.8 Å². The summed E-state index contributed by atoms with van der Waals surface area (Å²) in [5, 5.41) is 2.55. The molecule has 0 bridgehead atoms. The van der Waals surface area contributed by atoms with Crippen LogP contribution in [-0.4, -0.2) is 30.0 Å². The third-order valence-corrected chi connectivity index (χ3v) is 4.32. The third-order valence-electron chi connectivity index (χ3n) is 4.32. The van der Waals surface area contributed by atoms with Gasteiger partial charge in [0.1, 0.15) is 0 Å². The van der Waals surface area contributed by atoms with Gasteiger partial charge in [0.05, 0.1) is 12.1 Å². The summed E-state index contributed by atoms with van der Waals surface area (Å²) in [4.78, 5) is 47.6. The molecule has 0 aliphatic carbocycles. The number of rotatable bonds is 10. The average Bonchev–Trinajstić information content (AvgIpc) is 2.71. The fraction of sp³-hybridized carbons (Fsp3) is 0.304. The van der Waals surface area contributed by atoms with Gasteiger partial charge in [-0.3, -0.25) is 19.2 Å². The minimum absolute atomic E-state index is 0.0146. The van der Waals surface area contributed by atoms with Gasteiger partial charge in [0.15, 0.2) is 18.2 Å². The summed E-state index contributed by atoms with van der Waals surface area (Å²) in [6.45, 7) is 3.01. The molecule has 0 aromatic heterocycles. The summed E-state index contributed by atoms with van der Waals surface area (Å²) in [6.07, 6.45) is 1.90. The number of ether oxygens (including phenoxy) is 1. The molecule has 1 N–H and O–H groups in total. The molecule has 6 heteroatoms. The number of Topliss-reactive ketones (excluding diaryl/α,β-unsaturated/α-hetero) is 2. The summed E-state index contributed by atoms with van der Waals surface area (Å²) in [6, 6.07) is 13.9. The van der Waals surface area contributed by atoms with Crippen molar-refractivity contribution in [3.05, 3.63) is 65.2 Å². The van der Waals surface area contributed by atoms with Crippen molar-refractivity contribution in [3.63, 3.8) is 0 Å². The molecule has 0 radical (unpaired) electrons. The lowest BCUT2D eigenvalue weighted by Gasteiger charge is -2.09. The van der Waals surface area contributed by atoms with Crippen LogP contribution in [0.5, 0.6) is 0 Å². The molecule has 0 heterocycles. The first-order chi connectivity index (χ1) is 13.9. The van der Waals surface area contributed by atoms with Crippen molar-refractivity contribution in [2.45, 2.75) is 39.5 Å². The van der Waals surface area contributed by atoms with E-state index in [-0.39, 0.29) is 24.4 Å². The molecule has 0 unspecified atom stereocenters. The molecule has 0 atom stereocenters. The zero-order chi connectivity index (χ0) is 21.2. The molecule has 2 rings (SSSR count). The molecule has 152 valence electrons. The number of amides is 1. The third kappa shape index (κ3) is 6.99. The van der Waals surface area contributed by atoms with Crippen molar-refractivity contribution in [2.24, 2.45) is 0 Å². The van der Waals surface area contributed by atoms with Crippen LogP contribution >= 0.6 is 0 Å². The Balaban J connectivity index is 1.77. The van der Waals surface area contributed by atoms with Crippen LogP contribution in [0.3, 0.4) is 0 Å². The fourth-order valence-corrected chi connectivity index (χ4v) is 2.81. The smallest absolute Gasteiger partial charge is 0.306 e. The highest BCUT2D eigenvalue weighted by Crippen LogP contribution is 2.15. The van der Waals surface area contributed by atoms with Crippen molar-refractivity contribution in [1.82, 2.24) is 0 Å². The molecule has 2 aromatic rings. The Hall–Kier alpha value is -3.28. The molecule has 1 amide bonds. The Morgan fingerprint density at radius 3 is 2.28 bits per heavy atom. The second-order valence-electron chi connectivity index (χ2n) is 6.68. The van der Waals surface area contributed by atoms with E-state index in [4.69, 9.17) is 4.74 Å². The van der Waals surface area contributed by atoms with Crippen LogP contribution in [0, 0.1) is 0 Å². The summed E-state index contributed by atoms with van der Waals surface area (Å²) in [7, 11) is 0. The van der Waals surface area contributed by atoms with Crippen LogP contribution in [0.2, 0.25) is 0 Å². The summed E-state index contributed by atoms with van der Waals surface area (Å²) in [5.74, 6) is -1.51. The number of nitrogens with one attached hydrogen (secondary N) is 1. The highest BCUT2D eigenvalue weighted by molar-refractivity contribution is 6.04. The SMILES string of the molecule is CCCc1ccc(C(=O)CCC(=O)OCC(=O)Nc2ccccc2C(C)=O)cc1. The van der Waals surface area contributed by atoms with Gasteiger partial charge < -0.3 is 10.1 Å². The largest absolute Gasteiger partial charge is 0.456 e. The van der Waals surface area contributed by atoms with Crippen LogP contribution in [0.1, 0.15) is 59.4 Å². The van der Waals surface area contributed by atoms with Gasteiger partial charge in [0.25, 0.3) is 5.91 Å². The van der Waals surface area contributed by atoms with Gasteiger partial charge in [-0.15, -0.1) is 0 Å². The van der Waals surface area contributed by atoms with E-state index >= 15 is 0 Å². The average molecular weight is 395 g/mol. The predicted octanol–water partition coefficient (Wildman–Crippen LogP) is 3.99. The standard InChI is InChI=1S/C23H25NO5/c1-3-6-17-9-11-18(12-10-17)21(26)13-14-23(28)29-15-22(27)24-20-8-5-4-7-19(20)16(2)25/h4-5,7-12H,3,6,13-15H2,1-2H3,(H,24,27). The minimum atomic E-state index is -0.629. The van der Waals surface area contributed by atoms with Crippen molar-refractivity contribution in [1.29, 1.82) is 0 Å². The highest BCUT2D eigenvalue weighted by Gasteiger charge is 2.14. The number of anilines is 1. The Bertz CT molecular complexity index is 886. The maximum Gasteiger partial charge on any atom is 0.306 e. The first-order valence-electron chi connectivity index (χ1n) is 9.58. The Kier molecular flexibility index (Phi) is 8.27. The van der Waals surface area contributed by atoms with Crippen LogP contribution in [-0.2, 0) is 20.7 Å². The second-order valence-corrected chi connectivity index (χ2v) is 6.68. The van der Waals surface area contributed by atoms with Gasteiger partial charge in [-0.1, -0.05) is 49.7 Å². The van der Waals surface area contributed by atoms with Crippen molar-refractivity contribution in [3.8, 4) is 0 Å². The van der Waals surface area contributed by atoms with Crippen molar-refractivity contribution >= 4 is 29.1 Å². The number of carbonyl (C=O) groups is 4. The van der Waals surface area contributed by atoms with E-state index in [0.29, 0.717) is 16.8 Å². The summed E-state index contributed by atoms with van der Waals surface area (Å²) < 4.78 is 4.93. The van der Waals surface area contributed by atoms with Crippen molar-refractivity contribution < 1.29 is 23.9 Å². The number of hydrogen-bond donors (Lipinski definition) is 1. The Morgan fingerprint density at radius 1 is 0.931 bits per heavy atom. The lowest BCUT2D eigenvalue weighted by Crippen LogP contribution is -2.22. The predicted molar refractivity (Wildman–Crippen MR) is 110 cm³/mol. The number of benzene rings is 2. The normalized spacial score (nSPS) is 10.3. The summed E-state index contributed by atoms with van der Waals surface area (Å²) in [5.41, 5.74) is 2.46. The van der Waals surface area contributed by atoms with Crippen LogP contribution in [0.4, 0.5) is 5.69 Å². The second kappa shape index (κ2) is 10.9. The number of esters is 1. The maximum atomic E-state index is 12.2. The number of para-hydroxylation sites is 1. The van der Waals surface area contributed by atoms with Gasteiger partial charge >= 0.3 is 5.97 Å².